The molecule has 3 nitrogen and oxygen atoms in total. The molecule has 1 saturated carbocycles. The molecule has 0 N–H and O–H groups in total. The molecule has 0 amide bonds. The fourth-order valence-corrected chi connectivity index (χ4v) is 3.28. The van der Waals surface area contributed by atoms with Crippen LogP contribution in [-0.4, -0.2) is 19.2 Å². The Bertz CT molecular complexity index is 317. The lowest BCUT2D eigenvalue weighted by molar-refractivity contribution is -0.108. The fourth-order valence-electron chi connectivity index (χ4n) is 2.28. The van der Waals surface area contributed by atoms with Crippen molar-refractivity contribution >= 4 is 11.3 Å². The van der Waals surface area contributed by atoms with Crippen molar-refractivity contribution in [3.05, 3.63) is 16.1 Å². The predicted molar refractivity (Wildman–Crippen MR) is 64.7 cm³/mol. The van der Waals surface area contributed by atoms with Crippen molar-refractivity contribution in [1.82, 2.24) is 4.98 Å². The van der Waals surface area contributed by atoms with Crippen LogP contribution in [0.15, 0.2) is 5.38 Å². The SMILES string of the molecule is COC(OC)c1csc(C2CCCCC2)n1. The van der Waals surface area contributed by atoms with Gasteiger partial charge in [0.25, 0.3) is 0 Å². The first-order valence-electron chi connectivity index (χ1n) is 5.86. The first-order valence-corrected chi connectivity index (χ1v) is 6.74. The van der Waals surface area contributed by atoms with Gasteiger partial charge in [-0.05, 0) is 12.8 Å². The first kappa shape index (κ1) is 12.0. The highest BCUT2D eigenvalue weighted by Gasteiger charge is 2.21. The molecule has 1 aliphatic carbocycles. The molecule has 4 heteroatoms. The summed E-state index contributed by atoms with van der Waals surface area (Å²) in [5, 5.41) is 3.32. The molecule has 2 rings (SSSR count). The third kappa shape index (κ3) is 2.62. The summed E-state index contributed by atoms with van der Waals surface area (Å²) in [4.78, 5) is 4.64. The van der Waals surface area contributed by atoms with E-state index in [0.717, 1.165) is 5.69 Å². The second kappa shape index (κ2) is 5.75. The van der Waals surface area contributed by atoms with Crippen LogP contribution in [-0.2, 0) is 9.47 Å². The lowest BCUT2D eigenvalue weighted by atomic mass is 9.90. The third-order valence-electron chi connectivity index (χ3n) is 3.16. The molecular weight excluding hydrogens is 222 g/mol. The Kier molecular flexibility index (Phi) is 4.32. The van der Waals surface area contributed by atoms with E-state index in [1.165, 1.54) is 37.1 Å². The number of hydrogen-bond acceptors (Lipinski definition) is 4. The maximum Gasteiger partial charge on any atom is 0.201 e. The van der Waals surface area contributed by atoms with E-state index < -0.39 is 0 Å². The lowest BCUT2D eigenvalue weighted by Crippen LogP contribution is -2.07. The number of hydrogen-bond donors (Lipinski definition) is 0. The molecule has 0 radical (unpaired) electrons. The minimum atomic E-state index is -0.311. The standard InChI is InChI=1S/C12H19NO2S/c1-14-12(15-2)10-8-16-11(13-10)9-6-4-3-5-7-9/h8-9,12H,3-7H2,1-2H3. The highest BCUT2D eigenvalue weighted by Crippen LogP contribution is 2.35. The summed E-state index contributed by atoms with van der Waals surface area (Å²) in [5.41, 5.74) is 0.913. The van der Waals surface area contributed by atoms with Crippen molar-refractivity contribution in [1.29, 1.82) is 0 Å². The third-order valence-corrected chi connectivity index (χ3v) is 4.19. The van der Waals surface area contributed by atoms with Crippen LogP contribution in [0.3, 0.4) is 0 Å². The van der Waals surface area contributed by atoms with Crippen molar-refractivity contribution < 1.29 is 9.47 Å². The summed E-state index contributed by atoms with van der Waals surface area (Å²) in [7, 11) is 3.29. The molecule has 0 aliphatic heterocycles. The van der Waals surface area contributed by atoms with Gasteiger partial charge in [-0.15, -0.1) is 11.3 Å². The van der Waals surface area contributed by atoms with Crippen LogP contribution in [0.25, 0.3) is 0 Å². The summed E-state index contributed by atoms with van der Waals surface area (Å²) in [6.45, 7) is 0. The van der Waals surface area contributed by atoms with E-state index in [-0.39, 0.29) is 6.29 Å². The molecule has 1 aromatic heterocycles. The van der Waals surface area contributed by atoms with E-state index in [1.807, 2.05) is 0 Å². The van der Waals surface area contributed by atoms with Gasteiger partial charge in [0.15, 0.2) is 0 Å². The van der Waals surface area contributed by atoms with Gasteiger partial charge in [-0.3, -0.25) is 0 Å². The van der Waals surface area contributed by atoms with Crippen LogP contribution in [0.2, 0.25) is 0 Å². The zero-order chi connectivity index (χ0) is 11.4. The number of rotatable bonds is 4. The fraction of sp³-hybridized carbons (Fsp3) is 0.750. The number of nitrogens with zero attached hydrogens (tertiary/aromatic N) is 1. The summed E-state index contributed by atoms with van der Waals surface area (Å²) < 4.78 is 10.4. The van der Waals surface area contributed by atoms with Gasteiger partial charge in [-0.2, -0.15) is 0 Å². The average Bonchev–Trinajstić information content (AvgIpc) is 2.81. The monoisotopic (exact) mass is 241 g/mol. The molecule has 0 aromatic carbocycles. The Labute approximate surface area is 101 Å². The van der Waals surface area contributed by atoms with Crippen LogP contribution in [0.5, 0.6) is 0 Å². The van der Waals surface area contributed by atoms with Crippen molar-refractivity contribution in [3.8, 4) is 0 Å². The molecule has 0 spiro atoms. The molecule has 0 unspecified atom stereocenters. The molecule has 1 aliphatic rings. The van der Waals surface area contributed by atoms with Crippen molar-refractivity contribution in [3.63, 3.8) is 0 Å². The molecular formula is C12H19NO2S. The second-order valence-electron chi connectivity index (χ2n) is 4.25. The summed E-state index contributed by atoms with van der Waals surface area (Å²) >= 11 is 1.74. The van der Waals surface area contributed by atoms with Crippen molar-refractivity contribution in [2.75, 3.05) is 14.2 Å². The maximum atomic E-state index is 5.21. The minimum Gasteiger partial charge on any atom is -0.350 e. The number of methoxy groups -OCH3 is 2. The van der Waals surface area contributed by atoms with E-state index >= 15 is 0 Å². The molecule has 16 heavy (non-hydrogen) atoms. The molecule has 0 bridgehead atoms. The van der Waals surface area contributed by atoms with Crippen LogP contribution in [0, 0.1) is 0 Å². The predicted octanol–water partition coefficient (Wildman–Crippen LogP) is 3.48. The van der Waals surface area contributed by atoms with Crippen molar-refractivity contribution in [2.45, 2.75) is 44.3 Å². The van der Waals surface area contributed by atoms with Gasteiger partial charge in [-0.1, -0.05) is 19.3 Å². The minimum absolute atomic E-state index is 0.311. The van der Waals surface area contributed by atoms with Crippen molar-refractivity contribution in [2.24, 2.45) is 0 Å². The van der Waals surface area contributed by atoms with E-state index in [1.54, 1.807) is 25.6 Å². The molecule has 1 heterocycles. The summed E-state index contributed by atoms with van der Waals surface area (Å²) in [5.74, 6) is 0.668. The highest BCUT2D eigenvalue weighted by molar-refractivity contribution is 7.09. The summed E-state index contributed by atoms with van der Waals surface area (Å²) in [6, 6.07) is 0. The van der Waals surface area contributed by atoms with Crippen LogP contribution in [0.1, 0.15) is 55.0 Å². The molecule has 1 fully saturated rings. The number of thiazole rings is 1. The quantitative estimate of drug-likeness (QED) is 0.756. The van der Waals surface area contributed by atoms with E-state index in [2.05, 4.69) is 10.4 Å². The van der Waals surface area contributed by atoms with Gasteiger partial charge in [0.1, 0.15) is 5.69 Å². The highest BCUT2D eigenvalue weighted by atomic mass is 32.1. The van der Waals surface area contributed by atoms with E-state index in [9.17, 15) is 0 Å². The van der Waals surface area contributed by atoms with Crippen LogP contribution >= 0.6 is 11.3 Å². The van der Waals surface area contributed by atoms with Crippen LogP contribution < -0.4 is 0 Å². The van der Waals surface area contributed by atoms with E-state index in [0.29, 0.717) is 5.92 Å². The zero-order valence-electron chi connectivity index (χ0n) is 9.94. The maximum absolute atomic E-state index is 5.21. The van der Waals surface area contributed by atoms with Crippen LogP contribution in [0.4, 0.5) is 0 Å². The van der Waals surface area contributed by atoms with Gasteiger partial charge < -0.3 is 9.47 Å². The zero-order valence-corrected chi connectivity index (χ0v) is 10.8. The Balaban J connectivity index is 2.05. The van der Waals surface area contributed by atoms with Gasteiger partial charge >= 0.3 is 0 Å². The second-order valence-corrected chi connectivity index (χ2v) is 5.14. The van der Waals surface area contributed by atoms with Gasteiger partial charge in [0.05, 0.1) is 5.01 Å². The Morgan fingerprint density at radius 3 is 2.56 bits per heavy atom. The number of aromatic nitrogens is 1. The normalized spacial score (nSPS) is 18.2. The summed E-state index contributed by atoms with van der Waals surface area (Å²) in [6.07, 6.45) is 6.34. The first-order chi connectivity index (χ1) is 7.85. The van der Waals surface area contributed by atoms with Gasteiger partial charge in [0, 0.05) is 25.5 Å². The molecule has 0 atom stereocenters. The van der Waals surface area contributed by atoms with E-state index in [4.69, 9.17) is 9.47 Å². The molecule has 1 aromatic rings. The molecule has 0 saturated heterocycles. The van der Waals surface area contributed by atoms with Gasteiger partial charge in [0.2, 0.25) is 6.29 Å². The Hall–Kier alpha value is -0.450. The Morgan fingerprint density at radius 1 is 1.25 bits per heavy atom. The molecule has 90 valence electrons. The smallest absolute Gasteiger partial charge is 0.201 e. The lowest BCUT2D eigenvalue weighted by Gasteiger charge is -2.19. The number of ether oxygens (including phenoxy) is 2. The largest absolute Gasteiger partial charge is 0.350 e. The van der Waals surface area contributed by atoms with Gasteiger partial charge in [-0.25, -0.2) is 4.98 Å². The average molecular weight is 241 g/mol. The Morgan fingerprint density at radius 2 is 1.94 bits per heavy atom. The topological polar surface area (TPSA) is 31.4 Å².